The number of Topliss-reactive ketones (excluding diaryl/α,β-unsaturated/α-hetero) is 1. The Bertz CT molecular complexity index is 496. The van der Waals surface area contributed by atoms with Crippen LogP contribution in [0.4, 0.5) is 0 Å². The minimum Gasteiger partial charge on any atom is -0.486 e. The van der Waals surface area contributed by atoms with Crippen LogP contribution in [-0.4, -0.2) is 44.9 Å². The number of benzene rings is 1. The van der Waals surface area contributed by atoms with Gasteiger partial charge in [0.15, 0.2) is 17.3 Å². The molecular weight excluding hydrogens is 272 g/mol. The number of hydrogen-bond donors (Lipinski definition) is 0. The number of carbonyl (C=O) groups excluding carboxylic acids is 1. The summed E-state index contributed by atoms with van der Waals surface area (Å²) in [5, 5.41) is 0.337. The quantitative estimate of drug-likeness (QED) is 0.774. The van der Waals surface area contributed by atoms with E-state index in [2.05, 4.69) is 0 Å². The van der Waals surface area contributed by atoms with E-state index >= 15 is 0 Å². The Hall–Kier alpha value is -1.30. The zero-order valence-corrected chi connectivity index (χ0v) is 10.9. The first-order valence-electron chi connectivity index (χ1n) is 6.08. The molecule has 3 rings (SSSR count). The molecule has 2 heterocycles. The lowest BCUT2D eigenvalue weighted by Gasteiger charge is -2.23. The SMILES string of the molecule is O=C(c1cc2c(cc1Cl)OCCO2)C1COCCO1. The first-order chi connectivity index (χ1) is 9.25. The first kappa shape index (κ1) is 12.7. The van der Waals surface area contributed by atoms with Crippen molar-refractivity contribution in [3.05, 3.63) is 22.7 Å². The van der Waals surface area contributed by atoms with Crippen molar-refractivity contribution in [1.29, 1.82) is 0 Å². The van der Waals surface area contributed by atoms with Gasteiger partial charge < -0.3 is 18.9 Å². The van der Waals surface area contributed by atoms with Crippen molar-refractivity contribution in [2.45, 2.75) is 6.10 Å². The van der Waals surface area contributed by atoms with Gasteiger partial charge in [0.2, 0.25) is 0 Å². The Labute approximate surface area is 115 Å². The summed E-state index contributed by atoms with van der Waals surface area (Å²) >= 11 is 6.12. The largest absolute Gasteiger partial charge is 0.486 e. The molecule has 0 aromatic heterocycles. The molecule has 102 valence electrons. The average Bonchev–Trinajstić information content (AvgIpc) is 2.47. The lowest BCUT2D eigenvalue weighted by molar-refractivity contribution is -0.0719. The normalized spacial score (nSPS) is 22.1. The van der Waals surface area contributed by atoms with Gasteiger partial charge in [0.05, 0.1) is 24.8 Å². The van der Waals surface area contributed by atoms with Gasteiger partial charge in [0.1, 0.15) is 19.3 Å². The number of hydrogen-bond acceptors (Lipinski definition) is 5. The van der Waals surface area contributed by atoms with Crippen molar-refractivity contribution < 1.29 is 23.7 Å². The highest BCUT2D eigenvalue weighted by atomic mass is 35.5. The minimum absolute atomic E-state index is 0.193. The van der Waals surface area contributed by atoms with E-state index < -0.39 is 6.10 Å². The van der Waals surface area contributed by atoms with Gasteiger partial charge >= 0.3 is 0 Å². The zero-order valence-electron chi connectivity index (χ0n) is 10.2. The van der Waals surface area contributed by atoms with E-state index in [1.807, 2.05) is 0 Å². The maximum Gasteiger partial charge on any atom is 0.195 e. The number of rotatable bonds is 2. The Morgan fingerprint density at radius 1 is 1.11 bits per heavy atom. The van der Waals surface area contributed by atoms with Gasteiger partial charge in [0.25, 0.3) is 0 Å². The van der Waals surface area contributed by atoms with E-state index in [1.54, 1.807) is 12.1 Å². The molecule has 0 radical (unpaired) electrons. The maximum atomic E-state index is 12.3. The highest BCUT2D eigenvalue weighted by Gasteiger charge is 2.27. The number of ether oxygens (including phenoxy) is 4. The summed E-state index contributed by atoms with van der Waals surface area (Å²) in [5.41, 5.74) is 0.376. The van der Waals surface area contributed by atoms with Crippen LogP contribution in [0.2, 0.25) is 5.02 Å². The average molecular weight is 285 g/mol. The Morgan fingerprint density at radius 3 is 2.53 bits per heavy atom. The van der Waals surface area contributed by atoms with Gasteiger partial charge in [-0.15, -0.1) is 0 Å². The summed E-state index contributed by atoms with van der Waals surface area (Å²) in [6.45, 7) is 2.13. The van der Waals surface area contributed by atoms with E-state index in [0.29, 0.717) is 48.5 Å². The maximum absolute atomic E-state index is 12.3. The third-order valence-corrected chi connectivity index (χ3v) is 3.32. The molecule has 2 aliphatic heterocycles. The highest BCUT2D eigenvalue weighted by molar-refractivity contribution is 6.34. The molecule has 1 fully saturated rings. The summed E-state index contributed by atoms with van der Waals surface area (Å²) in [4.78, 5) is 12.3. The third-order valence-electron chi connectivity index (χ3n) is 3.01. The van der Waals surface area contributed by atoms with E-state index in [-0.39, 0.29) is 12.4 Å². The van der Waals surface area contributed by atoms with E-state index in [4.69, 9.17) is 30.5 Å². The second kappa shape index (κ2) is 5.36. The van der Waals surface area contributed by atoms with Gasteiger partial charge in [-0.3, -0.25) is 4.79 Å². The Kier molecular flexibility index (Phi) is 3.59. The number of ketones is 1. The molecule has 2 aliphatic rings. The lowest BCUT2D eigenvalue weighted by Crippen LogP contribution is -2.35. The summed E-state index contributed by atoms with van der Waals surface area (Å²) in [7, 11) is 0. The summed E-state index contributed by atoms with van der Waals surface area (Å²) in [6, 6.07) is 3.21. The molecule has 0 saturated carbocycles. The second-order valence-electron chi connectivity index (χ2n) is 4.27. The van der Waals surface area contributed by atoms with Crippen LogP contribution >= 0.6 is 11.6 Å². The second-order valence-corrected chi connectivity index (χ2v) is 4.68. The first-order valence-corrected chi connectivity index (χ1v) is 6.46. The van der Waals surface area contributed by atoms with Crippen LogP contribution in [0, 0.1) is 0 Å². The van der Waals surface area contributed by atoms with Crippen molar-refractivity contribution >= 4 is 17.4 Å². The molecule has 0 bridgehead atoms. The molecule has 0 aliphatic carbocycles. The molecule has 1 unspecified atom stereocenters. The van der Waals surface area contributed by atoms with Crippen LogP contribution < -0.4 is 9.47 Å². The van der Waals surface area contributed by atoms with E-state index in [0.717, 1.165) is 0 Å². The molecule has 1 saturated heterocycles. The molecule has 19 heavy (non-hydrogen) atoms. The molecule has 0 N–H and O–H groups in total. The molecular formula is C13H13ClO5. The van der Waals surface area contributed by atoms with Crippen LogP contribution in [0.1, 0.15) is 10.4 Å². The van der Waals surface area contributed by atoms with Crippen molar-refractivity contribution in [1.82, 2.24) is 0 Å². The van der Waals surface area contributed by atoms with Gasteiger partial charge in [-0.2, -0.15) is 0 Å². The van der Waals surface area contributed by atoms with Crippen LogP contribution in [0.25, 0.3) is 0 Å². The highest BCUT2D eigenvalue weighted by Crippen LogP contribution is 2.36. The van der Waals surface area contributed by atoms with Gasteiger partial charge in [0, 0.05) is 11.6 Å². The third kappa shape index (κ3) is 2.54. The van der Waals surface area contributed by atoms with Crippen molar-refractivity contribution in [2.24, 2.45) is 0 Å². The van der Waals surface area contributed by atoms with Gasteiger partial charge in [-0.25, -0.2) is 0 Å². The fraction of sp³-hybridized carbons (Fsp3) is 0.462. The summed E-state index contributed by atoms with van der Waals surface area (Å²) < 4.78 is 21.5. The zero-order chi connectivity index (χ0) is 13.2. The topological polar surface area (TPSA) is 54.0 Å². The minimum atomic E-state index is -0.603. The molecule has 1 aromatic carbocycles. The fourth-order valence-corrected chi connectivity index (χ4v) is 2.31. The van der Waals surface area contributed by atoms with E-state index in [1.165, 1.54) is 0 Å². The van der Waals surface area contributed by atoms with Crippen LogP contribution in [0.15, 0.2) is 12.1 Å². The number of carbonyl (C=O) groups is 1. The Morgan fingerprint density at radius 2 is 1.84 bits per heavy atom. The van der Waals surface area contributed by atoms with E-state index in [9.17, 15) is 4.79 Å². The van der Waals surface area contributed by atoms with Crippen LogP contribution in [0.5, 0.6) is 11.5 Å². The van der Waals surface area contributed by atoms with Crippen LogP contribution in [-0.2, 0) is 9.47 Å². The molecule has 5 nitrogen and oxygen atoms in total. The lowest BCUT2D eigenvalue weighted by atomic mass is 10.1. The van der Waals surface area contributed by atoms with Crippen molar-refractivity contribution in [3.63, 3.8) is 0 Å². The molecule has 0 spiro atoms. The standard InChI is InChI=1S/C13H13ClO5/c14-9-6-11-10(17-3-4-18-11)5-8(9)13(15)12-7-16-1-2-19-12/h5-6,12H,1-4,7H2. The smallest absolute Gasteiger partial charge is 0.195 e. The Balaban J connectivity index is 1.89. The molecule has 6 heteroatoms. The predicted molar refractivity (Wildman–Crippen MR) is 67.3 cm³/mol. The summed E-state index contributed by atoms with van der Waals surface area (Å²) in [6.07, 6.45) is -0.603. The van der Waals surface area contributed by atoms with Crippen molar-refractivity contribution in [3.8, 4) is 11.5 Å². The predicted octanol–water partition coefficient (Wildman–Crippen LogP) is 1.71. The molecule has 0 amide bonds. The number of fused-ring (bicyclic) bond motifs is 1. The fourth-order valence-electron chi connectivity index (χ4n) is 2.07. The summed E-state index contributed by atoms with van der Waals surface area (Å²) in [5.74, 6) is 0.908. The van der Waals surface area contributed by atoms with Gasteiger partial charge in [-0.1, -0.05) is 11.6 Å². The monoisotopic (exact) mass is 284 g/mol. The molecule has 1 aromatic rings. The molecule has 1 atom stereocenters. The van der Waals surface area contributed by atoms with Gasteiger partial charge in [-0.05, 0) is 6.07 Å². The van der Waals surface area contributed by atoms with Crippen molar-refractivity contribution in [2.75, 3.05) is 33.0 Å². The van der Waals surface area contributed by atoms with Crippen LogP contribution in [0.3, 0.4) is 0 Å². The number of halogens is 1.